The molecule has 0 unspecified atom stereocenters. The lowest BCUT2D eigenvalue weighted by Gasteiger charge is -2.11. The lowest BCUT2D eigenvalue weighted by molar-refractivity contribution is 0.102. The highest BCUT2D eigenvalue weighted by atomic mass is 79.9. The molecule has 0 fully saturated rings. The lowest BCUT2D eigenvalue weighted by atomic mass is 10.1. The van der Waals surface area contributed by atoms with Crippen LogP contribution in [0.25, 0.3) is 0 Å². The van der Waals surface area contributed by atoms with Crippen molar-refractivity contribution in [3.63, 3.8) is 0 Å². The second kappa shape index (κ2) is 5.71. The van der Waals surface area contributed by atoms with Gasteiger partial charge in [-0.15, -0.1) is 0 Å². The van der Waals surface area contributed by atoms with Crippen LogP contribution in [0.1, 0.15) is 21.5 Å². The van der Waals surface area contributed by atoms with Gasteiger partial charge < -0.3 is 5.32 Å². The normalized spacial score (nSPS) is 10.4. The molecule has 2 rings (SSSR count). The van der Waals surface area contributed by atoms with Crippen molar-refractivity contribution in [3.8, 4) is 0 Å². The summed E-state index contributed by atoms with van der Waals surface area (Å²) < 4.78 is 28.2. The molecule has 2 nitrogen and oxygen atoms in total. The van der Waals surface area contributed by atoms with Crippen LogP contribution in [0.4, 0.5) is 14.5 Å². The molecule has 0 aliphatic carbocycles. The zero-order valence-corrected chi connectivity index (χ0v) is 12.5. The third-order valence-corrected chi connectivity index (χ3v) is 3.89. The van der Waals surface area contributed by atoms with E-state index >= 15 is 0 Å². The Kier molecular flexibility index (Phi) is 4.18. The molecule has 1 N–H and O–H groups in total. The Balaban J connectivity index is 2.38. The molecule has 0 atom stereocenters. The van der Waals surface area contributed by atoms with Crippen LogP contribution < -0.4 is 5.32 Å². The van der Waals surface area contributed by atoms with Gasteiger partial charge in [0.2, 0.25) is 0 Å². The van der Waals surface area contributed by atoms with Gasteiger partial charge in [0.05, 0.1) is 0 Å². The van der Waals surface area contributed by atoms with Crippen molar-refractivity contribution < 1.29 is 13.6 Å². The van der Waals surface area contributed by atoms with Crippen molar-refractivity contribution >= 4 is 27.5 Å². The van der Waals surface area contributed by atoms with Gasteiger partial charge in [-0.3, -0.25) is 4.79 Å². The first-order chi connectivity index (χ1) is 9.41. The minimum absolute atomic E-state index is 0.271. The molecular formula is C15H12BrF2NO. The number of carbonyl (C=O) groups excluding carboxylic acids is 1. The van der Waals surface area contributed by atoms with Gasteiger partial charge in [-0.25, -0.2) is 8.78 Å². The largest absolute Gasteiger partial charge is 0.317 e. The maximum Gasteiger partial charge on any atom is 0.256 e. The van der Waals surface area contributed by atoms with Gasteiger partial charge in [-0.1, -0.05) is 28.1 Å². The fourth-order valence-corrected chi connectivity index (χ4v) is 2.17. The lowest BCUT2D eigenvalue weighted by Crippen LogP contribution is -2.16. The fraction of sp³-hybridized carbons (Fsp3) is 0.133. The number of halogens is 3. The SMILES string of the molecule is Cc1ccc(F)c(NC(=O)c2cccc(Br)c2C)c1F. The zero-order chi connectivity index (χ0) is 14.9. The van der Waals surface area contributed by atoms with Gasteiger partial charge in [-0.2, -0.15) is 0 Å². The number of hydrogen-bond donors (Lipinski definition) is 1. The second-order valence-electron chi connectivity index (χ2n) is 4.42. The fourth-order valence-electron chi connectivity index (χ4n) is 1.81. The minimum Gasteiger partial charge on any atom is -0.317 e. The van der Waals surface area contributed by atoms with Crippen LogP contribution in [0.3, 0.4) is 0 Å². The Morgan fingerprint density at radius 2 is 1.85 bits per heavy atom. The molecule has 0 aliphatic heterocycles. The third kappa shape index (κ3) is 2.72. The summed E-state index contributed by atoms with van der Waals surface area (Å²) in [5.41, 5.74) is 0.917. The van der Waals surface area contributed by atoms with Crippen LogP contribution in [0.15, 0.2) is 34.8 Å². The summed E-state index contributed by atoms with van der Waals surface area (Å²) in [7, 11) is 0. The quantitative estimate of drug-likeness (QED) is 0.851. The van der Waals surface area contributed by atoms with E-state index in [-0.39, 0.29) is 5.56 Å². The van der Waals surface area contributed by atoms with Gasteiger partial charge in [0.15, 0.2) is 5.82 Å². The van der Waals surface area contributed by atoms with E-state index in [4.69, 9.17) is 0 Å². The van der Waals surface area contributed by atoms with Crippen LogP contribution in [-0.4, -0.2) is 5.91 Å². The van der Waals surface area contributed by atoms with Gasteiger partial charge in [0, 0.05) is 10.0 Å². The van der Waals surface area contributed by atoms with E-state index in [1.165, 1.54) is 13.0 Å². The van der Waals surface area contributed by atoms with E-state index in [1.807, 2.05) is 0 Å². The van der Waals surface area contributed by atoms with Crippen molar-refractivity contribution in [3.05, 3.63) is 63.1 Å². The van der Waals surface area contributed by atoms with E-state index in [1.54, 1.807) is 25.1 Å². The van der Waals surface area contributed by atoms with Crippen LogP contribution in [-0.2, 0) is 0 Å². The minimum atomic E-state index is -0.797. The average molecular weight is 340 g/mol. The smallest absolute Gasteiger partial charge is 0.256 e. The number of nitrogens with one attached hydrogen (secondary N) is 1. The number of benzene rings is 2. The third-order valence-electron chi connectivity index (χ3n) is 3.04. The molecule has 2 aromatic carbocycles. The standard InChI is InChI=1S/C15H12BrF2NO/c1-8-6-7-12(17)14(13(8)18)19-15(20)10-4-3-5-11(16)9(10)2/h3-7H,1-2H3,(H,19,20). The van der Waals surface area contributed by atoms with Crippen LogP contribution in [0.2, 0.25) is 0 Å². The molecule has 20 heavy (non-hydrogen) atoms. The maximum absolute atomic E-state index is 13.9. The van der Waals surface area contributed by atoms with E-state index < -0.39 is 23.2 Å². The molecule has 0 bridgehead atoms. The van der Waals surface area contributed by atoms with E-state index in [0.29, 0.717) is 11.1 Å². The first kappa shape index (κ1) is 14.7. The first-order valence-electron chi connectivity index (χ1n) is 5.93. The number of anilines is 1. The van der Waals surface area contributed by atoms with Crippen LogP contribution >= 0.6 is 15.9 Å². The summed E-state index contributed by atoms with van der Waals surface area (Å²) in [6, 6.07) is 7.53. The molecular weight excluding hydrogens is 328 g/mol. The predicted octanol–water partition coefficient (Wildman–Crippen LogP) is 4.60. The number of carbonyl (C=O) groups is 1. The Labute approximate surface area is 123 Å². The summed E-state index contributed by atoms with van der Waals surface area (Å²) >= 11 is 3.31. The molecule has 1 amide bonds. The molecule has 0 aliphatic rings. The van der Waals surface area contributed by atoms with Crippen LogP contribution in [0, 0.1) is 25.5 Å². The first-order valence-corrected chi connectivity index (χ1v) is 6.72. The number of amides is 1. The van der Waals surface area contributed by atoms with Gasteiger partial charge >= 0.3 is 0 Å². The summed E-state index contributed by atoms with van der Waals surface area (Å²) in [4.78, 5) is 12.1. The molecule has 0 spiro atoms. The number of rotatable bonds is 2. The number of aryl methyl sites for hydroxylation is 1. The molecule has 0 heterocycles. The van der Waals surface area contributed by atoms with Gasteiger partial charge in [-0.05, 0) is 43.2 Å². The van der Waals surface area contributed by atoms with Crippen molar-refractivity contribution in [2.45, 2.75) is 13.8 Å². The van der Waals surface area contributed by atoms with E-state index in [0.717, 1.165) is 10.5 Å². The highest BCUT2D eigenvalue weighted by Gasteiger charge is 2.17. The summed E-state index contributed by atoms with van der Waals surface area (Å²) in [6.07, 6.45) is 0. The Morgan fingerprint density at radius 3 is 2.55 bits per heavy atom. The number of hydrogen-bond acceptors (Lipinski definition) is 1. The molecule has 5 heteroatoms. The summed E-state index contributed by atoms with van der Waals surface area (Å²) in [5, 5.41) is 2.29. The molecule has 2 aromatic rings. The van der Waals surface area contributed by atoms with Crippen molar-refractivity contribution in [2.24, 2.45) is 0 Å². The zero-order valence-electron chi connectivity index (χ0n) is 10.9. The molecule has 0 saturated carbocycles. The van der Waals surface area contributed by atoms with Crippen molar-refractivity contribution in [1.82, 2.24) is 0 Å². The topological polar surface area (TPSA) is 29.1 Å². The Bertz CT molecular complexity index is 686. The predicted molar refractivity (Wildman–Crippen MR) is 77.9 cm³/mol. The van der Waals surface area contributed by atoms with Crippen molar-refractivity contribution in [1.29, 1.82) is 0 Å². The second-order valence-corrected chi connectivity index (χ2v) is 5.27. The van der Waals surface area contributed by atoms with E-state index in [9.17, 15) is 13.6 Å². The molecule has 0 radical (unpaired) electrons. The van der Waals surface area contributed by atoms with Crippen molar-refractivity contribution in [2.75, 3.05) is 5.32 Å². The monoisotopic (exact) mass is 339 g/mol. The van der Waals surface area contributed by atoms with Crippen LogP contribution in [0.5, 0.6) is 0 Å². The maximum atomic E-state index is 13.9. The highest BCUT2D eigenvalue weighted by Crippen LogP contribution is 2.24. The van der Waals surface area contributed by atoms with E-state index in [2.05, 4.69) is 21.2 Å². The Hall–Kier alpha value is -1.75. The highest BCUT2D eigenvalue weighted by molar-refractivity contribution is 9.10. The summed E-state index contributed by atoms with van der Waals surface area (Å²) in [5.74, 6) is -2.10. The Morgan fingerprint density at radius 1 is 1.15 bits per heavy atom. The molecule has 104 valence electrons. The molecule has 0 aromatic heterocycles. The van der Waals surface area contributed by atoms with Gasteiger partial charge in [0.1, 0.15) is 11.5 Å². The summed E-state index contributed by atoms with van der Waals surface area (Å²) in [6.45, 7) is 3.26. The average Bonchev–Trinajstić information content (AvgIpc) is 2.42. The molecule has 0 saturated heterocycles. The van der Waals surface area contributed by atoms with Gasteiger partial charge in [0.25, 0.3) is 5.91 Å².